The predicted octanol–water partition coefficient (Wildman–Crippen LogP) is 3.61. The zero-order chi connectivity index (χ0) is 14.4. The van der Waals surface area contributed by atoms with Crippen molar-refractivity contribution in [2.75, 3.05) is 7.05 Å². The molecule has 0 amide bonds. The molecule has 2 aromatic rings. The number of hydrogen-bond acceptors (Lipinski definition) is 3. The molecular weight excluding hydrogens is 250 g/mol. The predicted molar refractivity (Wildman–Crippen MR) is 80.9 cm³/mol. The van der Waals surface area contributed by atoms with E-state index in [9.17, 15) is 0 Å². The number of ether oxygens (including phenoxy) is 1. The number of para-hydroxylation sites is 1. The maximum absolute atomic E-state index is 5.86. The highest BCUT2D eigenvalue weighted by Crippen LogP contribution is 2.21. The van der Waals surface area contributed by atoms with Crippen molar-refractivity contribution in [2.45, 2.75) is 26.5 Å². The highest BCUT2D eigenvalue weighted by Gasteiger charge is 2.08. The molecule has 1 heterocycles. The van der Waals surface area contributed by atoms with Crippen LogP contribution in [0.1, 0.15) is 22.6 Å². The summed E-state index contributed by atoms with van der Waals surface area (Å²) in [4.78, 5) is 0. The van der Waals surface area contributed by atoms with Gasteiger partial charge in [-0.15, -0.1) is 6.58 Å². The lowest BCUT2D eigenvalue weighted by Crippen LogP contribution is -2.04. The van der Waals surface area contributed by atoms with E-state index < -0.39 is 0 Å². The van der Waals surface area contributed by atoms with Gasteiger partial charge in [-0.2, -0.15) is 0 Å². The van der Waals surface area contributed by atoms with Crippen molar-refractivity contribution in [2.24, 2.45) is 0 Å². The Morgan fingerprint density at radius 1 is 1.30 bits per heavy atom. The maximum atomic E-state index is 5.86. The molecule has 1 N–H and O–H groups in total. The van der Waals surface area contributed by atoms with Crippen molar-refractivity contribution in [3.8, 4) is 5.75 Å². The molecule has 0 bridgehead atoms. The molecule has 1 aromatic carbocycles. The summed E-state index contributed by atoms with van der Waals surface area (Å²) in [6.07, 6.45) is 2.68. The van der Waals surface area contributed by atoms with Crippen LogP contribution in [0.4, 0.5) is 0 Å². The van der Waals surface area contributed by atoms with Crippen LogP contribution in [-0.4, -0.2) is 7.05 Å². The van der Waals surface area contributed by atoms with E-state index in [-0.39, 0.29) is 0 Å². The first kappa shape index (κ1) is 14.4. The summed E-state index contributed by atoms with van der Waals surface area (Å²) in [5.74, 6) is 2.68. The van der Waals surface area contributed by atoms with Gasteiger partial charge in [0.1, 0.15) is 23.9 Å². The number of benzene rings is 1. The summed E-state index contributed by atoms with van der Waals surface area (Å²) < 4.78 is 11.6. The molecule has 106 valence electrons. The molecule has 0 fully saturated rings. The smallest absolute Gasteiger partial charge is 0.146 e. The maximum Gasteiger partial charge on any atom is 0.146 e. The second kappa shape index (κ2) is 6.96. The van der Waals surface area contributed by atoms with Gasteiger partial charge in [-0.3, -0.25) is 0 Å². The monoisotopic (exact) mass is 271 g/mol. The van der Waals surface area contributed by atoms with Gasteiger partial charge in [0, 0.05) is 12.1 Å². The number of aryl methyl sites for hydroxylation is 1. The Kier molecular flexibility index (Phi) is 5.02. The van der Waals surface area contributed by atoms with Crippen molar-refractivity contribution >= 4 is 0 Å². The molecule has 0 aliphatic heterocycles. The minimum atomic E-state index is 0.443. The zero-order valence-corrected chi connectivity index (χ0v) is 12.1. The van der Waals surface area contributed by atoms with Crippen molar-refractivity contribution in [1.29, 1.82) is 0 Å². The van der Waals surface area contributed by atoms with Crippen LogP contribution in [-0.2, 0) is 19.6 Å². The quantitative estimate of drug-likeness (QED) is 0.781. The first-order valence-electron chi connectivity index (χ1n) is 6.79. The highest BCUT2D eigenvalue weighted by atomic mass is 16.5. The van der Waals surface area contributed by atoms with Gasteiger partial charge in [0.05, 0.1) is 0 Å². The fourth-order valence-electron chi connectivity index (χ4n) is 2.14. The summed E-state index contributed by atoms with van der Waals surface area (Å²) in [5.41, 5.74) is 2.31. The first-order valence-corrected chi connectivity index (χ1v) is 6.79. The third-order valence-electron chi connectivity index (χ3n) is 3.15. The van der Waals surface area contributed by atoms with Gasteiger partial charge in [-0.25, -0.2) is 0 Å². The molecule has 0 radical (unpaired) electrons. The molecule has 3 heteroatoms. The average molecular weight is 271 g/mol. The molecule has 20 heavy (non-hydrogen) atoms. The number of hydrogen-bond donors (Lipinski definition) is 1. The van der Waals surface area contributed by atoms with Gasteiger partial charge in [-0.05, 0) is 38.1 Å². The summed E-state index contributed by atoms with van der Waals surface area (Å²) in [6.45, 7) is 6.99. The Hall–Kier alpha value is -2.00. The standard InChI is InChI=1S/C17H21NO2/c1-4-7-14-8-5-6-9-17(14)19-12-16-10-15(11-18-3)13(2)20-16/h4-6,8-10,18H,1,7,11-12H2,2-3H3. The molecule has 0 spiro atoms. The minimum Gasteiger partial charge on any atom is -0.485 e. The van der Waals surface area contributed by atoms with Crippen molar-refractivity contribution in [3.05, 3.63) is 65.6 Å². The molecule has 0 saturated carbocycles. The molecule has 0 aliphatic carbocycles. The van der Waals surface area contributed by atoms with Crippen LogP contribution in [0.3, 0.4) is 0 Å². The number of rotatable bonds is 7. The van der Waals surface area contributed by atoms with Gasteiger partial charge in [0.2, 0.25) is 0 Å². The van der Waals surface area contributed by atoms with Gasteiger partial charge in [-0.1, -0.05) is 24.3 Å². The molecule has 1 aromatic heterocycles. The van der Waals surface area contributed by atoms with Crippen LogP contribution < -0.4 is 10.1 Å². The SMILES string of the molecule is C=CCc1ccccc1OCc1cc(CNC)c(C)o1. The third-order valence-corrected chi connectivity index (χ3v) is 3.15. The second-order valence-corrected chi connectivity index (χ2v) is 4.71. The lowest BCUT2D eigenvalue weighted by molar-refractivity contribution is 0.265. The van der Waals surface area contributed by atoms with E-state index in [2.05, 4.69) is 18.0 Å². The summed E-state index contributed by atoms with van der Waals surface area (Å²) in [6, 6.07) is 10.1. The molecule has 0 unspecified atom stereocenters. The Balaban J connectivity index is 2.05. The van der Waals surface area contributed by atoms with E-state index in [0.717, 1.165) is 35.8 Å². The van der Waals surface area contributed by atoms with E-state index in [1.807, 2.05) is 44.3 Å². The van der Waals surface area contributed by atoms with Crippen LogP contribution in [0.25, 0.3) is 0 Å². The Morgan fingerprint density at radius 3 is 2.85 bits per heavy atom. The topological polar surface area (TPSA) is 34.4 Å². The van der Waals surface area contributed by atoms with Crippen LogP contribution in [0.5, 0.6) is 5.75 Å². The minimum absolute atomic E-state index is 0.443. The molecule has 0 aliphatic rings. The third kappa shape index (κ3) is 3.52. The molecule has 3 nitrogen and oxygen atoms in total. The average Bonchev–Trinajstić information content (AvgIpc) is 2.79. The van der Waals surface area contributed by atoms with Crippen LogP contribution >= 0.6 is 0 Å². The zero-order valence-electron chi connectivity index (χ0n) is 12.1. The second-order valence-electron chi connectivity index (χ2n) is 4.71. The fourth-order valence-corrected chi connectivity index (χ4v) is 2.14. The molecule has 0 atom stereocenters. The Morgan fingerprint density at radius 2 is 2.10 bits per heavy atom. The number of nitrogens with one attached hydrogen (secondary N) is 1. The normalized spacial score (nSPS) is 10.5. The fraction of sp³-hybridized carbons (Fsp3) is 0.294. The van der Waals surface area contributed by atoms with E-state index in [4.69, 9.17) is 9.15 Å². The first-order chi connectivity index (χ1) is 9.74. The van der Waals surface area contributed by atoms with Crippen molar-refractivity contribution in [3.63, 3.8) is 0 Å². The summed E-state index contributed by atoms with van der Waals surface area (Å²) in [7, 11) is 1.92. The largest absolute Gasteiger partial charge is 0.485 e. The van der Waals surface area contributed by atoms with Crippen LogP contribution in [0.15, 0.2) is 47.4 Å². The van der Waals surface area contributed by atoms with Crippen molar-refractivity contribution in [1.82, 2.24) is 5.32 Å². The van der Waals surface area contributed by atoms with Gasteiger partial charge < -0.3 is 14.5 Å². The molecular formula is C17H21NO2. The molecule has 2 rings (SSSR count). The van der Waals surface area contributed by atoms with E-state index in [1.54, 1.807) is 0 Å². The highest BCUT2D eigenvalue weighted by molar-refractivity contribution is 5.34. The molecule has 0 saturated heterocycles. The lowest BCUT2D eigenvalue weighted by atomic mass is 10.1. The summed E-state index contributed by atoms with van der Waals surface area (Å²) in [5, 5.41) is 3.13. The van der Waals surface area contributed by atoms with Crippen LogP contribution in [0, 0.1) is 6.92 Å². The van der Waals surface area contributed by atoms with Gasteiger partial charge in [0.15, 0.2) is 0 Å². The number of allylic oxidation sites excluding steroid dienone is 1. The summed E-state index contributed by atoms with van der Waals surface area (Å²) >= 11 is 0. The van der Waals surface area contributed by atoms with Crippen molar-refractivity contribution < 1.29 is 9.15 Å². The number of furan rings is 1. The van der Waals surface area contributed by atoms with Gasteiger partial charge >= 0.3 is 0 Å². The Bertz CT molecular complexity index is 572. The van der Waals surface area contributed by atoms with E-state index in [1.165, 1.54) is 5.56 Å². The van der Waals surface area contributed by atoms with E-state index in [0.29, 0.717) is 6.61 Å². The van der Waals surface area contributed by atoms with E-state index >= 15 is 0 Å². The Labute approximate surface area is 120 Å². The lowest BCUT2D eigenvalue weighted by Gasteiger charge is -2.08. The van der Waals surface area contributed by atoms with Gasteiger partial charge in [0.25, 0.3) is 0 Å². The van der Waals surface area contributed by atoms with Crippen LogP contribution in [0.2, 0.25) is 0 Å².